The maximum absolute atomic E-state index is 10.5. The number of rotatable bonds is 10. The van der Waals surface area contributed by atoms with Crippen LogP contribution in [0.4, 0.5) is 0 Å². The fourth-order valence-corrected chi connectivity index (χ4v) is 3.46. The smallest absolute Gasteiger partial charge is 0.191 e. The van der Waals surface area contributed by atoms with Gasteiger partial charge in [-0.05, 0) is 45.3 Å². The molecule has 3 nitrogen and oxygen atoms in total. The van der Waals surface area contributed by atoms with Gasteiger partial charge in [-0.1, -0.05) is 74.8 Å². The molecule has 0 saturated carbocycles. The van der Waals surface area contributed by atoms with Gasteiger partial charge < -0.3 is 14.6 Å². The summed E-state index contributed by atoms with van der Waals surface area (Å²) in [7, 11) is -1.71. The zero-order valence-electron chi connectivity index (χ0n) is 19.0. The van der Waals surface area contributed by atoms with Crippen LogP contribution in [0.5, 0.6) is 0 Å². The molecule has 0 radical (unpaired) electrons. The van der Waals surface area contributed by atoms with Crippen LogP contribution in [0.3, 0.4) is 0 Å². The van der Waals surface area contributed by atoms with Gasteiger partial charge in [0, 0.05) is 12.5 Å². The Hall–Kier alpha value is -0.943. The number of hydrogen-bond donors (Lipinski definition) is 2. The second kappa shape index (κ2) is 11.8. The Bertz CT molecular complexity index is 563. The van der Waals surface area contributed by atoms with Crippen LogP contribution in [0.1, 0.15) is 54.9 Å². The standard InChI is InChI=1S/C23H42O3Si/c1-18(11-10-13-24)15-20(3)16-21(4)22(25)17-19(2)12-14-26-27(8,9)23(5,6)7/h10-11,15-17,21-22,24-25H,12-14H2,1-9H3/b11-10+,18-15-,19-17+,20-16-/t21-,22+/m0/s1. The highest BCUT2D eigenvalue weighted by Crippen LogP contribution is 2.36. The Morgan fingerprint density at radius 1 is 1.07 bits per heavy atom. The van der Waals surface area contributed by atoms with Crippen LogP contribution in [-0.2, 0) is 4.43 Å². The number of aliphatic hydroxyl groups is 2. The molecule has 0 amide bonds. The monoisotopic (exact) mass is 394 g/mol. The van der Waals surface area contributed by atoms with Gasteiger partial charge in [-0.2, -0.15) is 0 Å². The van der Waals surface area contributed by atoms with Gasteiger partial charge in [0.1, 0.15) is 0 Å². The predicted octanol–water partition coefficient (Wildman–Crippen LogP) is 5.78. The minimum atomic E-state index is -1.71. The first-order valence-electron chi connectivity index (χ1n) is 9.93. The van der Waals surface area contributed by atoms with E-state index in [4.69, 9.17) is 9.53 Å². The molecule has 27 heavy (non-hydrogen) atoms. The third-order valence-electron chi connectivity index (χ3n) is 5.23. The highest BCUT2D eigenvalue weighted by atomic mass is 28.4. The molecule has 0 aromatic carbocycles. The number of hydrogen-bond acceptors (Lipinski definition) is 3. The van der Waals surface area contributed by atoms with Crippen molar-refractivity contribution in [1.82, 2.24) is 0 Å². The summed E-state index contributed by atoms with van der Waals surface area (Å²) in [6.45, 7) is 20.2. The van der Waals surface area contributed by atoms with Crippen molar-refractivity contribution in [2.24, 2.45) is 5.92 Å². The zero-order chi connectivity index (χ0) is 21.3. The quantitative estimate of drug-likeness (QED) is 0.280. The summed E-state index contributed by atoms with van der Waals surface area (Å²) < 4.78 is 6.22. The molecule has 0 saturated heterocycles. The fraction of sp³-hybridized carbons (Fsp3) is 0.652. The molecule has 156 valence electrons. The fourth-order valence-electron chi connectivity index (χ4n) is 2.42. The van der Waals surface area contributed by atoms with Crippen LogP contribution in [0.15, 0.2) is 47.1 Å². The molecule has 0 bridgehead atoms. The van der Waals surface area contributed by atoms with Gasteiger partial charge in [-0.25, -0.2) is 0 Å². The SMILES string of the molecule is CC(=C/[C@H](C)[C@H](O)/C=C(\C)CCO[Si](C)(C)C(C)(C)C)/C=C(C)\C=C\CO. The lowest BCUT2D eigenvalue weighted by molar-refractivity contribution is 0.183. The molecule has 0 aliphatic rings. The first-order valence-corrected chi connectivity index (χ1v) is 12.8. The zero-order valence-corrected chi connectivity index (χ0v) is 20.0. The van der Waals surface area contributed by atoms with E-state index < -0.39 is 14.4 Å². The van der Waals surface area contributed by atoms with Crippen LogP contribution < -0.4 is 0 Å². The largest absolute Gasteiger partial charge is 0.417 e. The van der Waals surface area contributed by atoms with Crippen LogP contribution in [-0.4, -0.2) is 37.8 Å². The van der Waals surface area contributed by atoms with Crippen LogP contribution >= 0.6 is 0 Å². The molecule has 0 fully saturated rings. The molecule has 0 heterocycles. The van der Waals surface area contributed by atoms with Gasteiger partial charge in [0.2, 0.25) is 0 Å². The van der Waals surface area contributed by atoms with Crippen molar-refractivity contribution in [3.05, 3.63) is 47.1 Å². The van der Waals surface area contributed by atoms with E-state index in [9.17, 15) is 5.11 Å². The van der Waals surface area contributed by atoms with Crippen molar-refractivity contribution in [2.75, 3.05) is 13.2 Å². The molecule has 0 aromatic rings. The van der Waals surface area contributed by atoms with Gasteiger partial charge in [0.25, 0.3) is 0 Å². The van der Waals surface area contributed by atoms with Gasteiger partial charge in [-0.15, -0.1) is 0 Å². The number of aliphatic hydroxyl groups excluding tert-OH is 2. The Morgan fingerprint density at radius 2 is 1.67 bits per heavy atom. The Kier molecular flexibility index (Phi) is 11.4. The molecule has 4 heteroatoms. The van der Waals surface area contributed by atoms with E-state index in [1.165, 1.54) is 0 Å². The summed E-state index contributed by atoms with van der Waals surface area (Å²) >= 11 is 0. The van der Waals surface area contributed by atoms with E-state index in [2.05, 4.69) is 52.9 Å². The van der Waals surface area contributed by atoms with Gasteiger partial charge in [-0.3, -0.25) is 0 Å². The summed E-state index contributed by atoms with van der Waals surface area (Å²) in [6.07, 6.45) is 10.0. The average Bonchev–Trinajstić information content (AvgIpc) is 2.51. The van der Waals surface area contributed by atoms with Crippen molar-refractivity contribution in [3.8, 4) is 0 Å². The lowest BCUT2D eigenvalue weighted by atomic mass is 9.98. The van der Waals surface area contributed by atoms with Crippen molar-refractivity contribution in [2.45, 2.75) is 79.1 Å². The third kappa shape index (κ3) is 10.8. The Labute approximate surface area is 168 Å². The van der Waals surface area contributed by atoms with Gasteiger partial charge in [0.15, 0.2) is 8.32 Å². The van der Waals surface area contributed by atoms with Crippen molar-refractivity contribution < 1.29 is 14.6 Å². The maximum atomic E-state index is 10.5. The highest BCUT2D eigenvalue weighted by Gasteiger charge is 2.36. The van der Waals surface area contributed by atoms with E-state index in [1.54, 1.807) is 6.08 Å². The minimum absolute atomic E-state index is 0.0344. The number of allylic oxidation sites excluding steroid dienone is 4. The molecule has 0 unspecified atom stereocenters. The molecular weight excluding hydrogens is 352 g/mol. The van der Waals surface area contributed by atoms with E-state index in [0.717, 1.165) is 23.1 Å². The first-order chi connectivity index (χ1) is 12.3. The second-order valence-electron chi connectivity index (χ2n) is 9.11. The van der Waals surface area contributed by atoms with Crippen LogP contribution in [0.2, 0.25) is 18.1 Å². The van der Waals surface area contributed by atoms with Gasteiger partial charge >= 0.3 is 0 Å². The predicted molar refractivity (Wildman–Crippen MR) is 120 cm³/mol. The maximum Gasteiger partial charge on any atom is 0.191 e. The van der Waals surface area contributed by atoms with E-state index >= 15 is 0 Å². The Morgan fingerprint density at radius 3 is 2.19 bits per heavy atom. The molecule has 2 N–H and O–H groups in total. The molecule has 0 aromatic heterocycles. The van der Waals surface area contributed by atoms with E-state index in [1.807, 2.05) is 32.9 Å². The van der Waals surface area contributed by atoms with Gasteiger partial charge in [0.05, 0.1) is 12.7 Å². The minimum Gasteiger partial charge on any atom is -0.417 e. The lowest BCUT2D eigenvalue weighted by Gasteiger charge is -2.36. The van der Waals surface area contributed by atoms with Crippen LogP contribution in [0, 0.1) is 5.92 Å². The molecule has 0 aliphatic carbocycles. The summed E-state index contributed by atoms with van der Waals surface area (Å²) in [4.78, 5) is 0. The second-order valence-corrected chi connectivity index (χ2v) is 13.9. The molecule has 0 spiro atoms. The van der Waals surface area contributed by atoms with E-state index in [-0.39, 0.29) is 17.6 Å². The highest BCUT2D eigenvalue weighted by molar-refractivity contribution is 6.74. The van der Waals surface area contributed by atoms with Crippen molar-refractivity contribution in [1.29, 1.82) is 0 Å². The molecule has 2 atom stereocenters. The van der Waals surface area contributed by atoms with Crippen molar-refractivity contribution >= 4 is 8.32 Å². The summed E-state index contributed by atoms with van der Waals surface area (Å²) in [5, 5.41) is 19.5. The average molecular weight is 395 g/mol. The molecule has 0 rings (SSSR count). The third-order valence-corrected chi connectivity index (χ3v) is 9.76. The summed E-state index contributed by atoms with van der Waals surface area (Å²) in [5.74, 6) is 0.0344. The first kappa shape index (κ1) is 26.1. The van der Waals surface area contributed by atoms with E-state index in [0.29, 0.717) is 6.61 Å². The topological polar surface area (TPSA) is 49.7 Å². The van der Waals surface area contributed by atoms with Crippen LogP contribution in [0.25, 0.3) is 0 Å². The normalized spacial score (nSPS) is 17.5. The molecular formula is C23H42O3Si. The molecule has 0 aliphatic heterocycles. The Balaban J connectivity index is 4.73. The summed E-state index contributed by atoms with van der Waals surface area (Å²) in [6, 6.07) is 0. The lowest BCUT2D eigenvalue weighted by Crippen LogP contribution is -2.41. The van der Waals surface area contributed by atoms with Crippen molar-refractivity contribution in [3.63, 3.8) is 0 Å². The summed E-state index contributed by atoms with van der Waals surface area (Å²) in [5.41, 5.74) is 3.35.